The number of urea groups is 1. The number of aliphatic carboxylic acids is 1. The fourth-order valence-corrected chi connectivity index (χ4v) is 2.35. The first kappa shape index (κ1) is 14.4. The molecule has 1 fully saturated rings. The summed E-state index contributed by atoms with van der Waals surface area (Å²) in [5.74, 6) is -0.198. The molecule has 5 heteroatoms. The molecule has 0 bridgehead atoms. The third-order valence-electron chi connectivity index (χ3n) is 3.60. The van der Waals surface area contributed by atoms with Gasteiger partial charge in [-0.1, -0.05) is 19.1 Å². The number of amides is 2. The van der Waals surface area contributed by atoms with Crippen LogP contribution in [0.3, 0.4) is 0 Å². The van der Waals surface area contributed by atoms with Crippen LogP contribution in [0.4, 0.5) is 10.5 Å². The summed E-state index contributed by atoms with van der Waals surface area (Å²) in [6, 6.07) is 6.87. The maximum atomic E-state index is 12.1. The molecule has 0 unspecified atom stereocenters. The number of carboxylic acid groups (broad SMARTS) is 1. The van der Waals surface area contributed by atoms with E-state index in [0.717, 1.165) is 25.9 Å². The Labute approximate surface area is 118 Å². The number of hydrogen-bond acceptors (Lipinski definition) is 2. The molecule has 2 rings (SSSR count). The first-order valence-electron chi connectivity index (χ1n) is 6.91. The number of rotatable bonds is 3. The third-order valence-corrected chi connectivity index (χ3v) is 3.60. The lowest BCUT2D eigenvalue weighted by atomic mass is 10.00. The molecule has 5 nitrogen and oxygen atoms in total. The van der Waals surface area contributed by atoms with Crippen molar-refractivity contribution in [3.05, 3.63) is 29.8 Å². The van der Waals surface area contributed by atoms with Gasteiger partial charge in [-0.3, -0.25) is 4.79 Å². The zero-order chi connectivity index (χ0) is 14.5. The number of piperidine rings is 1. The summed E-state index contributed by atoms with van der Waals surface area (Å²) in [5.41, 5.74) is 1.33. The Bertz CT molecular complexity index is 494. The van der Waals surface area contributed by atoms with Crippen LogP contribution in [-0.4, -0.2) is 35.1 Å². The molecule has 2 amide bonds. The highest BCUT2D eigenvalue weighted by atomic mass is 16.4. The number of carboxylic acids is 1. The monoisotopic (exact) mass is 276 g/mol. The number of carbonyl (C=O) groups is 2. The van der Waals surface area contributed by atoms with E-state index >= 15 is 0 Å². The van der Waals surface area contributed by atoms with Crippen molar-refractivity contribution in [1.29, 1.82) is 0 Å². The van der Waals surface area contributed by atoms with Crippen LogP contribution in [0.2, 0.25) is 0 Å². The van der Waals surface area contributed by atoms with Gasteiger partial charge in [-0.2, -0.15) is 0 Å². The Morgan fingerprint density at radius 2 is 2.05 bits per heavy atom. The lowest BCUT2D eigenvalue weighted by molar-refractivity contribution is -0.136. The van der Waals surface area contributed by atoms with Crippen molar-refractivity contribution >= 4 is 17.7 Å². The van der Waals surface area contributed by atoms with Crippen LogP contribution in [0.1, 0.15) is 25.3 Å². The smallest absolute Gasteiger partial charge is 0.321 e. The summed E-state index contributed by atoms with van der Waals surface area (Å²) in [6.45, 7) is 3.76. The van der Waals surface area contributed by atoms with E-state index in [4.69, 9.17) is 5.11 Å². The summed E-state index contributed by atoms with van der Waals surface area (Å²) in [6.07, 6.45) is 2.03. The Balaban J connectivity index is 1.95. The molecule has 20 heavy (non-hydrogen) atoms. The van der Waals surface area contributed by atoms with Crippen molar-refractivity contribution in [2.45, 2.75) is 26.2 Å². The molecule has 0 spiro atoms. The first-order chi connectivity index (χ1) is 9.54. The molecule has 1 heterocycles. The van der Waals surface area contributed by atoms with Gasteiger partial charge in [-0.05, 0) is 36.5 Å². The minimum Gasteiger partial charge on any atom is -0.481 e. The normalized spacial score (nSPS) is 15.9. The van der Waals surface area contributed by atoms with Crippen LogP contribution in [0, 0.1) is 5.92 Å². The minimum atomic E-state index is -0.876. The van der Waals surface area contributed by atoms with Crippen molar-refractivity contribution in [3.63, 3.8) is 0 Å². The predicted octanol–water partition coefficient (Wildman–Crippen LogP) is 2.58. The van der Waals surface area contributed by atoms with Gasteiger partial charge in [0, 0.05) is 18.8 Å². The highest BCUT2D eigenvalue weighted by Crippen LogP contribution is 2.18. The van der Waals surface area contributed by atoms with Gasteiger partial charge in [-0.25, -0.2) is 4.79 Å². The second kappa shape index (κ2) is 6.41. The molecular formula is C15H20N2O3. The van der Waals surface area contributed by atoms with Crippen molar-refractivity contribution in [2.75, 3.05) is 18.4 Å². The van der Waals surface area contributed by atoms with Gasteiger partial charge in [-0.15, -0.1) is 0 Å². The number of benzene rings is 1. The van der Waals surface area contributed by atoms with E-state index < -0.39 is 5.97 Å². The van der Waals surface area contributed by atoms with Crippen LogP contribution in [0.5, 0.6) is 0 Å². The van der Waals surface area contributed by atoms with Crippen LogP contribution in [0.25, 0.3) is 0 Å². The van der Waals surface area contributed by atoms with Crippen molar-refractivity contribution in [1.82, 2.24) is 4.90 Å². The maximum absolute atomic E-state index is 12.1. The van der Waals surface area contributed by atoms with E-state index in [9.17, 15) is 9.59 Å². The molecule has 1 aromatic carbocycles. The zero-order valence-electron chi connectivity index (χ0n) is 11.6. The Morgan fingerprint density at radius 3 is 2.70 bits per heavy atom. The highest BCUT2D eigenvalue weighted by molar-refractivity contribution is 5.89. The summed E-state index contributed by atoms with van der Waals surface area (Å²) in [7, 11) is 0. The topological polar surface area (TPSA) is 69.6 Å². The SMILES string of the molecule is CC1CCN(C(=O)Nc2cccc(CC(=O)O)c2)CC1. The largest absolute Gasteiger partial charge is 0.481 e. The van der Waals surface area contributed by atoms with Crippen molar-refractivity contribution in [2.24, 2.45) is 5.92 Å². The Morgan fingerprint density at radius 1 is 1.35 bits per heavy atom. The molecule has 0 aliphatic carbocycles. The summed E-state index contributed by atoms with van der Waals surface area (Å²) < 4.78 is 0. The molecule has 0 radical (unpaired) electrons. The van der Waals surface area contributed by atoms with Gasteiger partial charge in [0.15, 0.2) is 0 Å². The molecule has 0 aromatic heterocycles. The number of likely N-dealkylation sites (tertiary alicyclic amines) is 1. The molecule has 1 aliphatic rings. The molecular weight excluding hydrogens is 256 g/mol. The number of carbonyl (C=O) groups excluding carboxylic acids is 1. The van der Waals surface area contributed by atoms with Gasteiger partial charge in [0.2, 0.25) is 0 Å². The van der Waals surface area contributed by atoms with E-state index in [0.29, 0.717) is 17.2 Å². The number of nitrogens with zero attached hydrogens (tertiary/aromatic N) is 1. The fraction of sp³-hybridized carbons (Fsp3) is 0.467. The molecule has 2 N–H and O–H groups in total. The van der Waals surface area contributed by atoms with Gasteiger partial charge in [0.1, 0.15) is 0 Å². The molecule has 1 saturated heterocycles. The van der Waals surface area contributed by atoms with Crippen LogP contribution in [-0.2, 0) is 11.2 Å². The summed E-state index contributed by atoms with van der Waals surface area (Å²) in [4.78, 5) is 24.6. The van der Waals surface area contributed by atoms with Crippen LogP contribution < -0.4 is 5.32 Å². The predicted molar refractivity (Wildman–Crippen MR) is 76.8 cm³/mol. The lowest BCUT2D eigenvalue weighted by Gasteiger charge is -2.30. The average Bonchev–Trinajstić information content (AvgIpc) is 2.39. The Hall–Kier alpha value is -2.04. The van der Waals surface area contributed by atoms with Gasteiger partial charge < -0.3 is 15.3 Å². The number of hydrogen-bond donors (Lipinski definition) is 2. The molecule has 1 aromatic rings. The zero-order valence-corrected chi connectivity index (χ0v) is 11.6. The molecule has 108 valence electrons. The number of nitrogens with one attached hydrogen (secondary N) is 1. The average molecular weight is 276 g/mol. The summed E-state index contributed by atoms with van der Waals surface area (Å²) >= 11 is 0. The highest BCUT2D eigenvalue weighted by Gasteiger charge is 2.20. The van der Waals surface area contributed by atoms with Crippen LogP contribution >= 0.6 is 0 Å². The van der Waals surface area contributed by atoms with Crippen molar-refractivity contribution < 1.29 is 14.7 Å². The fourth-order valence-electron chi connectivity index (χ4n) is 2.35. The van der Waals surface area contributed by atoms with Gasteiger partial charge in [0.25, 0.3) is 0 Å². The second-order valence-corrected chi connectivity index (χ2v) is 5.37. The van der Waals surface area contributed by atoms with Gasteiger partial charge >= 0.3 is 12.0 Å². The maximum Gasteiger partial charge on any atom is 0.321 e. The quantitative estimate of drug-likeness (QED) is 0.891. The Kier molecular flexibility index (Phi) is 4.61. The van der Waals surface area contributed by atoms with Gasteiger partial charge in [0.05, 0.1) is 6.42 Å². The lowest BCUT2D eigenvalue weighted by Crippen LogP contribution is -2.40. The van der Waals surface area contributed by atoms with E-state index in [-0.39, 0.29) is 12.5 Å². The van der Waals surface area contributed by atoms with E-state index in [2.05, 4.69) is 12.2 Å². The van der Waals surface area contributed by atoms with E-state index in [1.165, 1.54) is 0 Å². The number of anilines is 1. The molecule has 0 saturated carbocycles. The molecule has 1 aliphatic heterocycles. The minimum absolute atomic E-state index is 0.0368. The van der Waals surface area contributed by atoms with E-state index in [1.807, 2.05) is 4.90 Å². The third kappa shape index (κ3) is 3.98. The second-order valence-electron chi connectivity index (χ2n) is 5.37. The van der Waals surface area contributed by atoms with E-state index in [1.54, 1.807) is 24.3 Å². The standard InChI is InChI=1S/C15H20N2O3/c1-11-5-7-17(8-6-11)15(20)16-13-4-2-3-12(9-13)10-14(18)19/h2-4,9,11H,5-8,10H2,1H3,(H,16,20)(H,18,19). The first-order valence-corrected chi connectivity index (χ1v) is 6.91. The summed E-state index contributed by atoms with van der Waals surface area (Å²) in [5, 5.41) is 11.6. The molecule has 0 atom stereocenters. The van der Waals surface area contributed by atoms with Crippen LogP contribution in [0.15, 0.2) is 24.3 Å². The van der Waals surface area contributed by atoms with Crippen molar-refractivity contribution in [3.8, 4) is 0 Å².